The Bertz CT molecular complexity index is 1150. The van der Waals surface area contributed by atoms with Crippen LogP contribution in [0.5, 0.6) is 0 Å². The lowest BCUT2D eigenvalue weighted by atomic mass is 10.1. The van der Waals surface area contributed by atoms with Gasteiger partial charge in [-0.3, -0.25) is 4.79 Å². The van der Waals surface area contributed by atoms with E-state index < -0.39 is 11.9 Å². The van der Waals surface area contributed by atoms with Gasteiger partial charge in [-0.25, -0.2) is 4.79 Å². The summed E-state index contributed by atoms with van der Waals surface area (Å²) in [5.74, 6) is -1.08. The number of benzene rings is 2. The predicted molar refractivity (Wildman–Crippen MR) is 110 cm³/mol. The van der Waals surface area contributed by atoms with Crippen LogP contribution >= 0.6 is 11.6 Å². The van der Waals surface area contributed by atoms with E-state index >= 15 is 0 Å². The first-order chi connectivity index (χ1) is 13.9. The van der Waals surface area contributed by atoms with Crippen molar-refractivity contribution < 1.29 is 19.1 Å². The van der Waals surface area contributed by atoms with Crippen molar-refractivity contribution in [3.63, 3.8) is 0 Å². The third kappa shape index (κ3) is 4.72. The average Bonchev–Trinajstić information content (AvgIpc) is 3.16. The zero-order valence-electron chi connectivity index (χ0n) is 15.3. The van der Waals surface area contributed by atoms with E-state index in [0.717, 1.165) is 5.56 Å². The van der Waals surface area contributed by atoms with Crippen molar-refractivity contribution in [3.8, 4) is 17.4 Å². The van der Waals surface area contributed by atoms with Gasteiger partial charge in [0.1, 0.15) is 23.2 Å². The fourth-order valence-corrected chi connectivity index (χ4v) is 2.76. The second-order valence-corrected chi connectivity index (χ2v) is 6.60. The number of anilines is 1. The molecule has 1 aromatic heterocycles. The highest BCUT2D eigenvalue weighted by atomic mass is 35.5. The van der Waals surface area contributed by atoms with Gasteiger partial charge in [-0.2, -0.15) is 5.26 Å². The molecule has 0 aliphatic heterocycles. The Kier molecular flexibility index (Phi) is 5.82. The van der Waals surface area contributed by atoms with Gasteiger partial charge < -0.3 is 14.8 Å². The average molecular weight is 407 g/mol. The van der Waals surface area contributed by atoms with Crippen molar-refractivity contribution in [1.82, 2.24) is 0 Å². The van der Waals surface area contributed by atoms with E-state index in [-0.39, 0.29) is 16.9 Å². The molecule has 0 fully saturated rings. The summed E-state index contributed by atoms with van der Waals surface area (Å²) in [6.45, 7) is 1.93. The molecule has 1 amide bonds. The molecule has 0 radical (unpaired) electrons. The van der Waals surface area contributed by atoms with Crippen LogP contribution in [0.1, 0.15) is 21.7 Å². The Morgan fingerprint density at radius 1 is 1.14 bits per heavy atom. The van der Waals surface area contributed by atoms with Crippen LogP contribution in [0.4, 0.5) is 5.69 Å². The van der Waals surface area contributed by atoms with E-state index in [1.165, 1.54) is 24.3 Å². The van der Waals surface area contributed by atoms with Gasteiger partial charge in [0.05, 0.1) is 10.6 Å². The number of nitrogens with one attached hydrogen (secondary N) is 1. The van der Waals surface area contributed by atoms with Gasteiger partial charge in [-0.1, -0.05) is 29.3 Å². The Morgan fingerprint density at radius 3 is 2.52 bits per heavy atom. The van der Waals surface area contributed by atoms with Gasteiger partial charge in [0.25, 0.3) is 5.91 Å². The lowest BCUT2D eigenvalue weighted by Gasteiger charge is -2.04. The van der Waals surface area contributed by atoms with E-state index in [2.05, 4.69) is 5.32 Å². The minimum atomic E-state index is -1.09. The molecular formula is C22H15ClN2O4. The van der Waals surface area contributed by atoms with Gasteiger partial charge in [0, 0.05) is 17.3 Å². The molecule has 144 valence electrons. The van der Waals surface area contributed by atoms with Crippen LogP contribution in [-0.4, -0.2) is 17.0 Å². The van der Waals surface area contributed by atoms with Crippen molar-refractivity contribution >= 4 is 35.2 Å². The van der Waals surface area contributed by atoms with Gasteiger partial charge in [0.2, 0.25) is 0 Å². The maximum absolute atomic E-state index is 12.4. The highest BCUT2D eigenvalue weighted by molar-refractivity contribution is 6.33. The number of amides is 1. The van der Waals surface area contributed by atoms with E-state index in [9.17, 15) is 14.9 Å². The second kappa shape index (κ2) is 8.46. The largest absolute Gasteiger partial charge is 0.478 e. The standard InChI is InChI=1S/C22H15ClN2O4/c1-13-2-5-16(6-3-13)25-21(26)15(12-24)10-17-7-9-20(29-17)18-11-14(22(27)28)4-8-19(18)23/h2-11H,1H3,(H,25,26)(H,27,28)/b15-10-. The van der Waals surface area contributed by atoms with E-state index in [1.54, 1.807) is 24.3 Å². The summed E-state index contributed by atoms with van der Waals surface area (Å²) in [4.78, 5) is 23.5. The number of hydrogen-bond donors (Lipinski definition) is 2. The first-order valence-corrected chi connectivity index (χ1v) is 8.88. The van der Waals surface area contributed by atoms with Crippen LogP contribution < -0.4 is 5.32 Å². The number of aryl methyl sites for hydroxylation is 1. The molecule has 3 rings (SSSR count). The highest BCUT2D eigenvalue weighted by Crippen LogP contribution is 2.31. The maximum atomic E-state index is 12.4. The third-order valence-corrected chi connectivity index (χ3v) is 4.40. The van der Waals surface area contributed by atoms with Crippen LogP contribution in [-0.2, 0) is 4.79 Å². The number of nitrogens with zero attached hydrogens (tertiary/aromatic N) is 1. The molecule has 3 aromatic rings. The maximum Gasteiger partial charge on any atom is 0.335 e. The molecule has 0 spiro atoms. The number of carboxylic acid groups (broad SMARTS) is 1. The molecule has 0 aliphatic carbocycles. The number of halogens is 1. The number of furan rings is 1. The molecule has 0 saturated heterocycles. The number of nitriles is 1. The van der Waals surface area contributed by atoms with Crippen LogP contribution in [0, 0.1) is 18.3 Å². The molecule has 0 aliphatic rings. The summed E-state index contributed by atoms with van der Waals surface area (Å²) in [5.41, 5.74) is 1.94. The lowest BCUT2D eigenvalue weighted by molar-refractivity contribution is -0.112. The van der Waals surface area contributed by atoms with Gasteiger partial charge >= 0.3 is 5.97 Å². The molecule has 0 saturated carbocycles. The number of hydrogen-bond acceptors (Lipinski definition) is 4. The molecule has 2 aromatic carbocycles. The topological polar surface area (TPSA) is 103 Å². The lowest BCUT2D eigenvalue weighted by Crippen LogP contribution is -2.13. The van der Waals surface area contributed by atoms with Crippen LogP contribution in [0.2, 0.25) is 5.02 Å². The minimum Gasteiger partial charge on any atom is -0.478 e. The Morgan fingerprint density at radius 2 is 1.86 bits per heavy atom. The van der Waals surface area contributed by atoms with E-state index in [4.69, 9.17) is 21.1 Å². The molecule has 1 heterocycles. The number of aromatic carboxylic acids is 1. The summed E-state index contributed by atoms with van der Waals surface area (Å²) in [6, 6.07) is 16.4. The van der Waals surface area contributed by atoms with Crippen LogP contribution in [0.3, 0.4) is 0 Å². The monoisotopic (exact) mass is 406 g/mol. The van der Waals surface area contributed by atoms with Gasteiger partial charge in [0.15, 0.2) is 0 Å². The molecule has 6 nitrogen and oxygen atoms in total. The predicted octanol–water partition coefficient (Wildman–Crippen LogP) is 5.15. The van der Waals surface area contributed by atoms with Crippen molar-refractivity contribution in [2.75, 3.05) is 5.32 Å². The van der Waals surface area contributed by atoms with Crippen molar-refractivity contribution in [1.29, 1.82) is 5.26 Å². The van der Waals surface area contributed by atoms with E-state index in [1.807, 2.05) is 25.1 Å². The normalized spacial score (nSPS) is 11.0. The number of carboxylic acids is 1. The minimum absolute atomic E-state index is 0.0630. The summed E-state index contributed by atoms with van der Waals surface area (Å²) in [5, 5.41) is 21.4. The Balaban J connectivity index is 1.85. The van der Waals surface area contributed by atoms with Crippen LogP contribution in [0.25, 0.3) is 17.4 Å². The van der Waals surface area contributed by atoms with Gasteiger partial charge in [-0.15, -0.1) is 0 Å². The molecule has 2 N–H and O–H groups in total. The fraction of sp³-hybridized carbons (Fsp3) is 0.0455. The quantitative estimate of drug-likeness (QED) is 0.450. The summed E-state index contributed by atoms with van der Waals surface area (Å²) >= 11 is 6.14. The van der Waals surface area contributed by atoms with Crippen LogP contribution in [0.15, 0.2) is 64.6 Å². The summed E-state index contributed by atoms with van der Waals surface area (Å²) in [6.07, 6.45) is 1.31. The molecule has 0 atom stereocenters. The molecular weight excluding hydrogens is 392 g/mol. The molecule has 7 heteroatoms. The zero-order chi connectivity index (χ0) is 21.0. The van der Waals surface area contributed by atoms with Gasteiger partial charge in [-0.05, 0) is 49.4 Å². The second-order valence-electron chi connectivity index (χ2n) is 6.19. The third-order valence-electron chi connectivity index (χ3n) is 4.07. The Hall–Kier alpha value is -3.82. The highest BCUT2D eigenvalue weighted by Gasteiger charge is 2.14. The summed E-state index contributed by atoms with van der Waals surface area (Å²) < 4.78 is 5.65. The van der Waals surface area contributed by atoms with Crippen molar-refractivity contribution in [2.24, 2.45) is 0 Å². The van der Waals surface area contributed by atoms with Crippen molar-refractivity contribution in [2.45, 2.75) is 6.92 Å². The number of carbonyl (C=O) groups excluding carboxylic acids is 1. The molecule has 0 unspecified atom stereocenters. The SMILES string of the molecule is Cc1ccc(NC(=O)/C(C#N)=C\c2ccc(-c3cc(C(=O)O)ccc3Cl)o2)cc1. The zero-order valence-corrected chi connectivity index (χ0v) is 16.0. The fourth-order valence-electron chi connectivity index (χ4n) is 2.55. The van der Waals surface area contributed by atoms with E-state index in [0.29, 0.717) is 22.0 Å². The Labute approximate surface area is 171 Å². The number of carbonyl (C=O) groups is 2. The molecule has 0 bridgehead atoms. The molecule has 29 heavy (non-hydrogen) atoms. The first kappa shape index (κ1) is 19.9. The van der Waals surface area contributed by atoms with Crippen molar-refractivity contribution in [3.05, 3.63) is 82.1 Å². The number of rotatable bonds is 5. The summed E-state index contributed by atoms with van der Waals surface area (Å²) in [7, 11) is 0. The smallest absolute Gasteiger partial charge is 0.335 e. The first-order valence-electron chi connectivity index (χ1n) is 8.50.